The Balaban J connectivity index is 1.91. The van der Waals surface area contributed by atoms with Crippen molar-refractivity contribution < 1.29 is 4.79 Å². The van der Waals surface area contributed by atoms with Crippen molar-refractivity contribution in [1.82, 2.24) is 9.99 Å². The van der Waals surface area contributed by atoms with Gasteiger partial charge in [-0.2, -0.15) is 5.10 Å². The number of hydrogen-bond donors (Lipinski definition) is 2. The summed E-state index contributed by atoms with van der Waals surface area (Å²) < 4.78 is 2.03. The molecule has 0 saturated carbocycles. The molecule has 0 radical (unpaired) electrons. The fraction of sp³-hybridized carbons (Fsp3) is 0.200. The van der Waals surface area contributed by atoms with E-state index in [1.54, 1.807) is 6.21 Å². The minimum Gasteiger partial charge on any atom is -0.347 e. The van der Waals surface area contributed by atoms with Crippen LogP contribution in [0.2, 0.25) is 0 Å². The largest absolute Gasteiger partial charge is 0.347 e. The molecule has 0 aliphatic rings. The van der Waals surface area contributed by atoms with Crippen LogP contribution in [0.25, 0.3) is 0 Å². The van der Waals surface area contributed by atoms with Crippen LogP contribution in [0.15, 0.2) is 47.7 Å². The third kappa shape index (κ3) is 3.47. The Morgan fingerprint density at radius 3 is 2.85 bits per heavy atom. The van der Waals surface area contributed by atoms with E-state index in [4.69, 9.17) is 0 Å². The summed E-state index contributed by atoms with van der Waals surface area (Å²) >= 11 is 0. The van der Waals surface area contributed by atoms with Gasteiger partial charge in [-0.15, -0.1) is 0 Å². The minimum atomic E-state index is -0.356. The second-order valence-corrected chi connectivity index (χ2v) is 4.36. The van der Waals surface area contributed by atoms with Gasteiger partial charge < -0.3 is 9.88 Å². The average Bonchev–Trinajstić information content (AvgIpc) is 2.89. The third-order valence-corrected chi connectivity index (χ3v) is 2.96. The number of hydrazone groups is 1. The maximum absolute atomic E-state index is 11.7. The van der Waals surface area contributed by atoms with Crippen LogP contribution in [0.3, 0.4) is 0 Å². The monoisotopic (exact) mass is 270 g/mol. The molecule has 0 atom stereocenters. The highest BCUT2D eigenvalue weighted by atomic mass is 16.2. The van der Waals surface area contributed by atoms with E-state index in [0.29, 0.717) is 0 Å². The number of rotatable bonds is 4. The molecule has 1 aromatic heterocycles. The van der Waals surface area contributed by atoms with Crippen LogP contribution >= 0.6 is 0 Å². The van der Waals surface area contributed by atoms with Gasteiger partial charge in [-0.1, -0.05) is 18.2 Å². The van der Waals surface area contributed by atoms with Gasteiger partial charge in [-0.25, -0.2) is 10.2 Å². The molecule has 20 heavy (non-hydrogen) atoms. The van der Waals surface area contributed by atoms with Gasteiger partial charge in [0.15, 0.2) is 0 Å². The van der Waals surface area contributed by atoms with Crippen LogP contribution in [0.5, 0.6) is 0 Å². The molecule has 2 N–H and O–H groups in total. The van der Waals surface area contributed by atoms with Crippen LogP contribution in [-0.2, 0) is 6.54 Å². The zero-order valence-corrected chi connectivity index (χ0v) is 11.6. The molecular weight excluding hydrogens is 252 g/mol. The van der Waals surface area contributed by atoms with E-state index in [2.05, 4.69) is 22.8 Å². The second kappa shape index (κ2) is 6.56. The van der Waals surface area contributed by atoms with Crippen molar-refractivity contribution in [3.05, 3.63) is 53.9 Å². The molecule has 2 aromatic rings. The van der Waals surface area contributed by atoms with E-state index in [9.17, 15) is 4.79 Å². The summed E-state index contributed by atoms with van der Waals surface area (Å²) in [4.78, 5) is 11.7. The number of amides is 2. The smallest absolute Gasteiger partial charge is 0.339 e. The fourth-order valence-electron chi connectivity index (χ4n) is 1.85. The van der Waals surface area contributed by atoms with Crippen LogP contribution < -0.4 is 10.7 Å². The highest BCUT2D eigenvalue weighted by Gasteiger charge is 2.02. The highest BCUT2D eigenvalue weighted by Crippen LogP contribution is 2.12. The maximum atomic E-state index is 11.7. The molecule has 1 aromatic carbocycles. The Kier molecular flexibility index (Phi) is 4.55. The summed E-state index contributed by atoms with van der Waals surface area (Å²) in [7, 11) is 0. The Labute approximate surface area is 118 Å². The molecule has 1 heterocycles. The average molecular weight is 270 g/mol. The summed E-state index contributed by atoms with van der Waals surface area (Å²) in [5.74, 6) is 0. The number of urea groups is 1. The van der Waals surface area contributed by atoms with Gasteiger partial charge in [0.1, 0.15) is 0 Å². The first-order chi connectivity index (χ1) is 9.70. The molecule has 5 nitrogen and oxygen atoms in total. The second-order valence-electron chi connectivity index (χ2n) is 4.36. The maximum Gasteiger partial charge on any atom is 0.339 e. The van der Waals surface area contributed by atoms with E-state index >= 15 is 0 Å². The summed E-state index contributed by atoms with van der Waals surface area (Å²) in [6, 6.07) is 11.1. The van der Waals surface area contributed by atoms with Crippen molar-refractivity contribution in [3.8, 4) is 0 Å². The minimum absolute atomic E-state index is 0.356. The normalized spacial score (nSPS) is 10.7. The number of benzene rings is 1. The van der Waals surface area contributed by atoms with Crippen LogP contribution in [0.4, 0.5) is 10.5 Å². The number of nitrogens with one attached hydrogen (secondary N) is 2. The van der Waals surface area contributed by atoms with Crippen molar-refractivity contribution in [2.24, 2.45) is 5.10 Å². The van der Waals surface area contributed by atoms with Crippen molar-refractivity contribution >= 4 is 17.9 Å². The topological polar surface area (TPSA) is 58.4 Å². The van der Waals surface area contributed by atoms with E-state index in [-0.39, 0.29) is 6.03 Å². The molecule has 0 spiro atoms. The fourth-order valence-corrected chi connectivity index (χ4v) is 1.85. The van der Waals surface area contributed by atoms with Crippen LogP contribution in [0, 0.1) is 6.92 Å². The number of aromatic nitrogens is 1. The Hall–Kier alpha value is -2.56. The van der Waals surface area contributed by atoms with E-state index in [1.165, 1.54) is 0 Å². The molecule has 0 bridgehead atoms. The van der Waals surface area contributed by atoms with Gasteiger partial charge >= 0.3 is 6.03 Å². The zero-order chi connectivity index (χ0) is 14.4. The molecule has 5 heteroatoms. The Bertz CT molecular complexity index is 616. The lowest BCUT2D eigenvalue weighted by Gasteiger charge is -2.06. The van der Waals surface area contributed by atoms with Crippen molar-refractivity contribution in [2.75, 3.05) is 5.32 Å². The molecule has 0 saturated heterocycles. The van der Waals surface area contributed by atoms with Crippen molar-refractivity contribution in [2.45, 2.75) is 20.4 Å². The predicted molar refractivity (Wildman–Crippen MR) is 81.0 cm³/mol. The number of para-hydroxylation sites is 1. The standard InChI is InChI=1S/C15H18N4O/c1-3-19-10-6-8-13(19)11-16-18-15(20)17-14-9-5-4-7-12(14)2/h4-11H,3H2,1-2H3,(H2,17,18,20). The van der Waals surface area contributed by atoms with Crippen molar-refractivity contribution in [3.63, 3.8) is 0 Å². The van der Waals surface area contributed by atoms with E-state index in [0.717, 1.165) is 23.5 Å². The zero-order valence-electron chi connectivity index (χ0n) is 11.6. The lowest BCUT2D eigenvalue weighted by molar-refractivity contribution is 0.252. The molecule has 2 amide bonds. The molecule has 0 unspecified atom stereocenters. The Morgan fingerprint density at radius 1 is 1.30 bits per heavy atom. The van der Waals surface area contributed by atoms with Crippen LogP contribution in [0.1, 0.15) is 18.2 Å². The van der Waals surface area contributed by atoms with E-state index in [1.807, 2.05) is 54.1 Å². The third-order valence-electron chi connectivity index (χ3n) is 2.96. The van der Waals surface area contributed by atoms with Gasteiger partial charge in [-0.05, 0) is 37.6 Å². The van der Waals surface area contributed by atoms with Crippen LogP contribution in [-0.4, -0.2) is 16.8 Å². The first kappa shape index (κ1) is 13.9. The quantitative estimate of drug-likeness (QED) is 0.651. The Morgan fingerprint density at radius 2 is 2.10 bits per heavy atom. The summed E-state index contributed by atoms with van der Waals surface area (Å²) in [5, 5.41) is 6.69. The molecular formula is C15H18N4O. The number of nitrogens with zero attached hydrogens (tertiary/aromatic N) is 2. The van der Waals surface area contributed by atoms with Gasteiger partial charge in [0.25, 0.3) is 0 Å². The summed E-state index contributed by atoms with van der Waals surface area (Å²) in [5.41, 5.74) is 5.18. The van der Waals surface area contributed by atoms with E-state index < -0.39 is 0 Å². The first-order valence-corrected chi connectivity index (χ1v) is 6.51. The first-order valence-electron chi connectivity index (χ1n) is 6.51. The summed E-state index contributed by atoms with van der Waals surface area (Å²) in [6.45, 7) is 4.85. The number of hydrogen-bond acceptors (Lipinski definition) is 2. The molecule has 0 fully saturated rings. The lowest BCUT2D eigenvalue weighted by atomic mass is 10.2. The SMILES string of the molecule is CCn1cccc1C=NNC(=O)Nc1ccccc1C. The molecule has 0 aliphatic carbocycles. The van der Waals surface area contributed by atoms with Gasteiger partial charge in [0.2, 0.25) is 0 Å². The summed E-state index contributed by atoms with van der Waals surface area (Å²) in [6.07, 6.45) is 3.59. The predicted octanol–water partition coefficient (Wildman–Crippen LogP) is 2.97. The number of carbonyl (C=O) groups is 1. The molecule has 0 aliphatic heterocycles. The van der Waals surface area contributed by atoms with Gasteiger partial charge in [0, 0.05) is 18.4 Å². The molecule has 2 rings (SSSR count). The van der Waals surface area contributed by atoms with Gasteiger partial charge in [-0.3, -0.25) is 0 Å². The van der Waals surface area contributed by atoms with Crippen molar-refractivity contribution in [1.29, 1.82) is 0 Å². The van der Waals surface area contributed by atoms with Gasteiger partial charge in [0.05, 0.1) is 11.9 Å². The lowest BCUT2D eigenvalue weighted by Crippen LogP contribution is -2.24. The molecule has 104 valence electrons. The number of aryl methyl sites for hydroxylation is 2. The number of anilines is 1. The number of carbonyl (C=O) groups excluding carboxylic acids is 1. The highest BCUT2D eigenvalue weighted by molar-refractivity contribution is 5.90.